The Morgan fingerprint density at radius 1 is 1.42 bits per heavy atom. The predicted molar refractivity (Wildman–Crippen MR) is 71.6 cm³/mol. The van der Waals surface area contributed by atoms with Crippen LogP contribution < -0.4 is 14.4 Å². The lowest BCUT2D eigenvalue weighted by atomic mass is 10.1. The van der Waals surface area contributed by atoms with Crippen molar-refractivity contribution in [2.24, 2.45) is 0 Å². The molecule has 0 unspecified atom stereocenters. The molecule has 1 amide bonds. The van der Waals surface area contributed by atoms with Gasteiger partial charge in [-0.2, -0.15) is 0 Å². The molecular weight excluding hydrogens is 268 g/mol. The zero-order valence-electron chi connectivity index (χ0n) is 10.8. The molecule has 0 saturated heterocycles. The molecule has 0 radical (unpaired) electrons. The number of ether oxygens (including phenoxy) is 1. The monoisotopic (exact) mass is 284 g/mol. The maximum Gasteiger partial charge on any atom is 0.264 e. The van der Waals surface area contributed by atoms with Crippen LogP contribution in [0.25, 0.3) is 0 Å². The molecule has 0 spiro atoms. The summed E-state index contributed by atoms with van der Waals surface area (Å²) in [5.74, 6) is 0.544. The molecule has 0 bridgehead atoms. The highest BCUT2D eigenvalue weighted by Gasteiger charge is 2.22. The molecule has 0 aromatic heterocycles. The van der Waals surface area contributed by atoms with Crippen molar-refractivity contribution in [3.05, 3.63) is 23.8 Å². The number of rotatable bonds is 4. The van der Waals surface area contributed by atoms with E-state index in [1.54, 1.807) is 32.2 Å². The number of amides is 1. The molecule has 1 heterocycles. The van der Waals surface area contributed by atoms with Gasteiger partial charge in [0.15, 0.2) is 6.61 Å². The van der Waals surface area contributed by atoms with Crippen LogP contribution in [0.5, 0.6) is 5.75 Å². The van der Waals surface area contributed by atoms with Crippen LogP contribution in [0.15, 0.2) is 18.2 Å². The first-order valence-electron chi connectivity index (χ1n) is 5.92. The average Bonchev–Trinajstić information content (AvgIpc) is 2.41. The number of nitrogens with one attached hydrogen (secondary N) is 1. The Bertz CT molecular complexity index is 598. The number of anilines is 1. The largest absolute Gasteiger partial charge is 0.482 e. The Kier molecular flexibility index (Phi) is 3.77. The van der Waals surface area contributed by atoms with Crippen molar-refractivity contribution < 1.29 is 17.9 Å². The summed E-state index contributed by atoms with van der Waals surface area (Å²) in [7, 11) is -1.55. The van der Waals surface area contributed by atoms with E-state index in [9.17, 15) is 13.2 Å². The molecule has 1 aliphatic rings. The first kappa shape index (κ1) is 13.8. The molecule has 0 fully saturated rings. The fraction of sp³-hybridized carbons (Fsp3) is 0.417. The fourth-order valence-corrected chi connectivity index (χ4v) is 2.31. The molecule has 1 aromatic rings. The molecule has 1 aliphatic heterocycles. The smallest absolute Gasteiger partial charge is 0.264 e. The minimum Gasteiger partial charge on any atom is -0.482 e. The Balaban J connectivity index is 2.19. The van der Waals surface area contributed by atoms with Crippen molar-refractivity contribution >= 4 is 21.6 Å². The van der Waals surface area contributed by atoms with E-state index >= 15 is 0 Å². The van der Waals surface area contributed by atoms with Gasteiger partial charge >= 0.3 is 0 Å². The van der Waals surface area contributed by atoms with E-state index in [2.05, 4.69) is 4.72 Å². The van der Waals surface area contributed by atoms with Crippen molar-refractivity contribution in [1.82, 2.24) is 4.72 Å². The topological polar surface area (TPSA) is 75.7 Å². The molecular formula is C12H16N2O4S. The van der Waals surface area contributed by atoms with Gasteiger partial charge < -0.3 is 9.64 Å². The normalized spacial score (nSPS) is 15.1. The molecule has 2 rings (SSSR count). The summed E-state index contributed by atoms with van der Waals surface area (Å²) in [6.45, 7) is 1.81. The second kappa shape index (κ2) is 5.18. The van der Waals surface area contributed by atoms with Crippen molar-refractivity contribution in [2.75, 3.05) is 24.3 Å². The minimum atomic E-state index is -3.23. The van der Waals surface area contributed by atoms with Gasteiger partial charge in [-0.15, -0.1) is 0 Å². The summed E-state index contributed by atoms with van der Waals surface area (Å²) in [5, 5.41) is 0. The lowest BCUT2D eigenvalue weighted by molar-refractivity contribution is -0.120. The molecule has 1 N–H and O–H groups in total. The third kappa shape index (κ3) is 3.05. The Morgan fingerprint density at radius 2 is 2.16 bits per heavy atom. The summed E-state index contributed by atoms with van der Waals surface area (Å²) in [5.41, 5.74) is 1.44. The van der Waals surface area contributed by atoms with E-state index in [0.717, 1.165) is 5.56 Å². The van der Waals surface area contributed by atoms with Crippen LogP contribution in [0.4, 0.5) is 5.69 Å². The lowest BCUT2D eigenvalue weighted by Gasteiger charge is -2.26. The standard InChI is InChI=1S/C12H16N2O4S/c1-3-19(16,17)13-7-9-4-5-11-10(6-9)14(2)12(15)8-18-11/h4-6,13H,3,7-8H2,1-2H3. The average molecular weight is 284 g/mol. The molecule has 0 atom stereocenters. The molecule has 0 saturated carbocycles. The molecule has 19 heavy (non-hydrogen) atoms. The van der Waals surface area contributed by atoms with Crippen LogP contribution in [-0.2, 0) is 21.4 Å². The molecule has 104 valence electrons. The van der Waals surface area contributed by atoms with Crippen molar-refractivity contribution in [1.29, 1.82) is 0 Å². The second-order valence-corrected chi connectivity index (χ2v) is 6.36. The van der Waals surface area contributed by atoms with Gasteiger partial charge in [-0.05, 0) is 24.6 Å². The molecule has 0 aliphatic carbocycles. The van der Waals surface area contributed by atoms with Gasteiger partial charge in [0, 0.05) is 13.6 Å². The Labute approximate surface area is 112 Å². The van der Waals surface area contributed by atoms with E-state index in [1.807, 2.05) is 0 Å². The van der Waals surface area contributed by atoms with Gasteiger partial charge in [-0.1, -0.05) is 6.07 Å². The Hall–Kier alpha value is -1.60. The van der Waals surface area contributed by atoms with Crippen LogP contribution >= 0.6 is 0 Å². The van der Waals surface area contributed by atoms with E-state index < -0.39 is 10.0 Å². The molecule has 7 heteroatoms. The number of carbonyl (C=O) groups excluding carboxylic acids is 1. The van der Waals surface area contributed by atoms with Gasteiger partial charge in [-0.25, -0.2) is 13.1 Å². The quantitative estimate of drug-likeness (QED) is 0.872. The number of nitrogens with zero attached hydrogens (tertiary/aromatic N) is 1. The SMILES string of the molecule is CCS(=O)(=O)NCc1ccc2c(c1)N(C)C(=O)CO2. The van der Waals surface area contributed by atoms with E-state index in [0.29, 0.717) is 11.4 Å². The number of likely N-dealkylation sites (N-methyl/N-ethyl adjacent to an activating group) is 1. The van der Waals surface area contributed by atoms with Gasteiger partial charge in [-0.3, -0.25) is 4.79 Å². The van der Waals surface area contributed by atoms with Crippen LogP contribution in [0.3, 0.4) is 0 Å². The van der Waals surface area contributed by atoms with Crippen molar-refractivity contribution in [3.8, 4) is 5.75 Å². The van der Waals surface area contributed by atoms with Gasteiger partial charge in [0.25, 0.3) is 5.91 Å². The van der Waals surface area contributed by atoms with E-state index in [-0.39, 0.29) is 24.8 Å². The van der Waals surface area contributed by atoms with Crippen molar-refractivity contribution in [2.45, 2.75) is 13.5 Å². The van der Waals surface area contributed by atoms with Crippen LogP contribution in [0, 0.1) is 0 Å². The summed E-state index contributed by atoms with van der Waals surface area (Å²) in [6.07, 6.45) is 0. The maximum absolute atomic E-state index is 11.5. The number of hydrogen-bond acceptors (Lipinski definition) is 4. The first-order chi connectivity index (χ1) is 8.93. The fourth-order valence-electron chi connectivity index (χ4n) is 1.72. The maximum atomic E-state index is 11.5. The zero-order valence-corrected chi connectivity index (χ0v) is 11.7. The third-order valence-corrected chi connectivity index (χ3v) is 4.33. The van der Waals surface area contributed by atoms with E-state index in [4.69, 9.17) is 4.74 Å². The number of benzene rings is 1. The number of hydrogen-bond donors (Lipinski definition) is 1. The molecule has 6 nitrogen and oxygen atoms in total. The summed E-state index contributed by atoms with van der Waals surface area (Å²) < 4.78 is 30.5. The highest BCUT2D eigenvalue weighted by atomic mass is 32.2. The number of sulfonamides is 1. The zero-order chi connectivity index (χ0) is 14.0. The van der Waals surface area contributed by atoms with Gasteiger partial charge in [0.1, 0.15) is 5.75 Å². The van der Waals surface area contributed by atoms with Crippen LogP contribution in [0.2, 0.25) is 0 Å². The van der Waals surface area contributed by atoms with Gasteiger partial charge in [0.05, 0.1) is 11.4 Å². The van der Waals surface area contributed by atoms with Crippen LogP contribution in [-0.4, -0.2) is 33.7 Å². The molecule has 1 aromatic carbocycles. The number of carbonyl (C=O) groups is 1. The second-order valence-electron chi connectivity index (χ2n) is 4.27. The van der Waals surface area contributed by atoms with Gasteiger partial charge in [0.2, 0.25) is 10.0 Å². The van der Waals surface area contributed by atoms with E-state index in [1.165, 1.54) is 4.90 Å². The predicted octanol–water partition coefficient (Wildman–Crippen LogP) is 0.481. The summed E-state index contributed by atoms with van der Waals surface area (Å²) in [4.78, 5) is 13.0. The highest BCUT2D eigenvalue weighted by molar-refractivity contribution is 7.89. The van der Waals surface area contributed by atoms with Crippen molar-refractivity contribution in [3.63, 3.8) is 0 Å². The minimum absolute atomic E-state index is 0.0330. The first-order valence-corrected chi connectivity index (χ1v) is 7.58. The third-order valence-electron chi connectivity index (χ3n) is 2.99. The highest BCUT2D eigenvalue weighted by Crippen LogP contribution is 2.31. The lowest BCUT2D eigenvalue weighted by Crippen LogP contribution is -2.35. The summed E-state index contributed by atoms with van der Waals surface area (Å²) >= 11 is 0. The number of fused-ring (bicyclic) bond motifs is 1. The summed E-state index contributed by atoms with van der Waals surface area (Å²) in [6, 6.07) is 5.28. The Morgan fingerprint density at radius 3 is 2.84 bits per heavy atom. The van der Waals surface area contributed by atoms with Crippen LogP contribution in [0.1, 0.15) is 12.5 Å².